The third-order valence-electron chi connectivity index (χ3n) is 0.827. The highest BCUT2D eigenvalue weighted by molar-refractivity contribution is 5.85. The Kier molecular flexibility index (Phi) is 4.07. The van der Waals surface area contributed by atoms with Crippen molar-refractivity contribution in [1.29, 1.82) is 0 Å². The molecule has 0 heterocycles. The summed E-state index contributed by atoms with van der Waals surface area (Å²) in [5.74, 6) is 0. The van der Waals surface area contributed by atoms with E-state index < -0.39 is 0 Å². The van der Waals surface area contributed by atoms with Crippen LogP contribution >= 0.6 is 24.8 Å². The van der Waals surface area contributed by atoms with E-state index in [0.29, 0.717) is 0 Å². The largest absolute Gasteiger partial charge is 0.313 e. The van der Waals surface area contributed by atoms with Gasteiger partial charge in [-0.3, -0.25) is 0 Å². The van der Waals surface area contributed by atoms with Gasteiger partial charge in [-0.2, -0.15) is 0 Å². The van der Waals surface area contributed by atoms with Gasteiger partial charge in [0.2, 0.25) is 0 Å². The molecule has 0 bridgehead atoms. The maximum atomic E-state index is 5.24. The van der Waals surface area contributed by atoms with Crippen molar-refractivity contribution in [1.82, 2.24) is 0 Å². The van der Waals surface area contributed by atoms with E-state index in [4.69, 9.17) is 11.5 Å². The van der Waals surface area contributed by atoms with Crippen molar-refractivity contribution >= 4 is 24.8 Å². The third-order valence-corrected chi connectivity index (χ3v) is 0.827. The molecule has 7 heavy (non-hydrogen) atoms. The molecule has 0 saturated heterocycles. The van der Waals surface area contributed by atoms with E-state index in [1.165, 1.54) is 0 Å². The van der Waals surface area contributed by atoms with E-state index >= 15 is 0 Å². The lowest BCUT2D eigenvalue weighted by Crippen LogP contribution is -2.32. The highest BCUT2D eigenvalue weighted by atomic mass is 35.5. The van der Waals surface area contributed by atoms with Gasteiger partial charge < -0.3 is 11.5 Å². The summed E-state index contributed by atoms with van der Waals surface area (Å²) in [6.45, 7) is 0. The summed E-state index contributed by atoms with van der Waals surface area (Å²) in [5, 5.41) is 0. The molecule has 0 aromatic rings. The molecule has 1 aliphatic carbocycles. The van der Waals surface area contributed by atoms with Crippen LogP contribution in [0.1, 0.15) is 12.8 Å². The Morgan fingerprint density at radius 3 is 1.14 bits per heavy atom. The molecule has 4 N–H and O–H groups in total. The van der Waals surface area contributed by atoms with Gasteiger partial charge in [-0.25, -0.2) is 0 Å². The van der Waals surface area contributed by atoms with Crippen LogP contribution in [0.15, 0.2) is 0 Å². The zero-order valence-electron chi connectivity index (χ0n) is 3.89. The number of nitrogens with two attached hydrogens (primary N) is 2. The predicted molar refractivity (Wildman–Crippen MR) is 34.8 cm³/mol. The summed E-state index contributed by atoms with van der Waals surface area (Å²) in [4.78, 5) is 0. The summed E-state index contributed by atoms with van der Waals surface area (Å²) >= 11 is 0. The van der Waals surface area contributed by atoms with Crippen LogP contribution in [0.2, 0.25) is 0 Å². The molecule has 1 aliphatic rings. The second-order valence-electron chi connectivity index (χ2n) is 1.73. The van der Waals surface area contributed by atoms with Gasteiger partial charge in [0.05, 0.1) is 5.66 Å². The summed E-state index contributed by atoms with van der Waals surface area (Å²) in [5.41, 5.74) is 10.2. The van der Waals surface area contributed by atoms with Crippen molar-refractivity contribution < 1.29 is 0 Å². The molecule has 0 unspecified atom stereocenters. The molecule has 1 rings (SSSR count). The molecule has 0 amide bonds. The van der Waals surface area contributed by atoms with Gasteiger partial charge in [-0.15, -0.1) is 24.8 Å². The molecule has 2 nitrogen and oxygen atoms in total. The van der Waals surface area contributed by atoms with Gasteiger partial charge in [0.1, 0.15) is 0 Å². The lowest BCUT2D eigenvalue weighted by molar-refractivity contribution is 0.719. The minimum Gasteiger partial charge on any atom is -0.313 e. The minimum atomic E-state index is -0.250. The first-order chi connectivity index (χ1) is 2.21. The fourth-order valence-corrected chi connectivity index (χ4v) is 0.144. The van der Waals surface area contributed by atoms with Crippen LogP contribution in [0.5, 0.6) is 0 Å². The number of hydrogen-bond acceptors (Lipinski definition) is 2. The third kappa shape index (κ3) is 4.35. The molecular weight excluding hydrogens is 135 g/mol. The number of rotatable bonds is 0. The van der Waals surface area contributed by atoms with Crippen molar-refractivity contribution in [3.8, 4) is 0 Å². The fourth-order valence-electron chi connectivity index (χ4n) is 0.144. The second kappa shape index (κ2) is 2.72. The Balaban J connectivity index is 0. The maximum absolute atomic E-state index is 5.24. The molecule has 0 radical (unpaired) electrons. The molecule has 0 atom stereocenters. The SMILES string of the molecule is Cl.Cl.NC1(N)CC1. The van der Waals surface area contributed by atoms with Crippen LogP contribution < -0.4 is 11.5 Å². The monoisotopic (exact) mass is 144 g/mol. The topological polar surface area (TPSA) is 52.0 Å². The van der Waals surface area contributed by atoms with Gasteiger partial charge in [0, 0.05) is 0 Å². The average Bonchev–Trinajstić information content (AvgIpc) is 1.76. The van der Waals surface area contributed by atoms with Crippen LogP contribution in [0.25, 0.3) is 0 Å². The Labute approximate surface area is 55.4 Å². The van der Waals surface area contributed by atoms with Crippen LogP contribution in [0, 0.1) is 0 Å². The molecule has 0 aliphatic heterocycles. The first kappa shape index (κ1) is 10.5. The van der Waals surface area contributed by atoms with Crippen LogP contribution in [0.4, 0.5) is 0 Å². The van der Waals surface area contributed by atoms with Crippen molar-refractivity contribution in [3.63, 3.8) is 0 Å². The smallest absolute Gasteiger partial charge is 0.0639 e. The van der Waals surface area contributed by atoms with Crippen molar-refractivity contribution in [2.45, 2.75) is 18.5 Å². The minimum absolute atomic E-state index is 0. The Hall–Kier alpha value is 0.500. The molecule has 0 aromatic heterocycles. The van der Waals surface area contributed by atoms with E-state index in [1.807, 2.05) is 0 Å². The van der Waals surface area contributed by atoms with E-state index in [9.17, 15) is 0 Å². The summed E-state index contributed by atoms with van der Waals surface area (Å²) in [7, 11) is 0. The highest BCUT2D eigenvalue weighted by Gasteiger charge is 2.32. The zero-order chi connectivity index (χ0) is 3.91. The highest BCUT2D eigenvalue weighted by Crippen LogP contribution is 2.24. The molecule has 0 spiro atoms. The molecule has 4 heteroatoms. The van der Waals surface area contributed by atoms with E-state index in [2.05, 4.69) is 0 Å². The lowest BCUT2D eigenvalue weighted by atomic mass is 10.6. The average molecular weight is 145 g/mol. The summed E-state index contributed by atoms with van der Waals surface area (Å²) in [6, 6.07) is 0. The van der Waals surface area contributed by atoms with Gasteiger partial charge in [-0.1, -0.05) is 0 Å². The quantitative estimate of drug-likeness (QED) is 0.479. The van der Waals surface area contributed by atoms with Crippen molar-refractivity contribution in [2.24, 2.45) is 11.5 Å². The first-order valence-electron chi connectivity index (χ1n) is 1.78. The Morgan fingerprint density at radius 1 is 1.00 bits per heavy atom. The van der Waals surface area contributed by atoms with Crippen molar-refractivity contribution in [2.75, 3.05) is 0 Å². The lowest BCUT2D eigenvalue weighted by Gasteiger charge is -1.89. The van der Waals surface area contributed by atoms with E-state index in [0.717, 1.165) is 12.8 Å². The van der Waals surface area contributed by atoms with Crippen LogP contribution in [-0.4, -0.2) is 5.66 Å². The summed E-state index contributed by atoms with van der Waals surface area (Å²) in [6.07, 6.45) is 2.01. The van der Waals surface area contributed by atoms with Gasteiger partial charge >= 0.3 is 0 Å². The predicted octanol–water partition coefficient (Wildman–Crippen LogP) is 0.237. The first-order valence-corrected chi connectivity index (χ1v) is 1.78. The summed E-state index contributed by atoms with van der Waals surface area (Å²) < 4.78 is 0. The normalized spacial score (nSPS) is 21.4. The molecule has 1 saturated carbocycles. The second-order valence-corrected chi connectivity index (χ2v) is 1.73. The standard InChI is InChI=1S/C3H8N2.2ClH/c4-3(5)1-2-3;;/h1-2,4-5H2;2*1H. The molecular formula is C3H10Cl2N2. The number of halogens is 2. The van der Waals surface area contributed by atoms with E-state index in [-0.39, 0.29) is 30.5 Å². The van der Waals surface area contributed by atoms with Gasteiger partial charge in [0.25, 0.3) is 0 Å². The molecule has 1 fully saturated rings. The Bertz CT molecular complexity index is 48.9. The Morgan fingerprint density at radius 2 is 1.14 bits per heavy atom. The fraction of sp³-hybridized carbons (Fsp3) is 1.00. The zero-order valence-corrected chi connectivity index (χ0v) is 5.52. The van der Waals surface area contributed by atoms with E-state index in [1.54, 1.807) is 0 Å². The number of hydrogen-bond donors (Lipinski definition) is 2. The van der Waals surface area contributed by atoms with Gasteiger partial charge in [-0.05, 0) is 12.8 Å². The van der Waals surface area contributed by atoms with Crippen molar-refractivity contribution in [3.05, 3.63) is 0 Å². The molecule has 46 valence electrons. The van der Waals surface area contributed by atoms with Gasteiger partial charge in [0.15, 0.2) is 0 Å². The van der Waals surface area contributed by atoms with Crippen LogP contribution in [0.3, 0.4) is 0 Å². The maximum Gasteiger partial charge on any atom is 0.0639 e. The molecule has 0 aromatic carbocycles. The van der Waals surface area contributed by atoms with Crippen LogP contribution in [-0.2, 0) is 0 Å².